The average Bonchev–Trinajstić information content (AvgIpc) is 2.70. The number of carbonyl (C=O) groups excluding carboxylic acids is 2. The van der Waals surface area contributed by atoms with Crippen LogP contribution in [-0.4, -0.2) is 65.0 Å². The lowest BCUT2D eigenvalue weighted by Gasteiger charge is -2.25. The first-order valence-electron chi connectivity index (χ1n) is 8.47. The SMILES string of the molecule is CC(C)(C)NC(=O)CN1CCCN(C(=O)c2ccc(Cl)cc2O)CC1. The lowest BCUT2D eigenvalue weighted by atomic mass is 10.1. The molecule has 6 nitrogen and oxygen atoms in total. The first-order valence-corrected chi connectivity index (χ1v) is 8.85. The van der Waals surface area contributed by atoms with Crippen LogP contribution in [0.25, 0.3) is 0 Å². The third-order valence-corrected chi connectivity index (χ3v) is 4.18. The average molecular weight is 368 g/mol. The smallest absolute Gasteiger partial charge is 0.257 e. The fourth-order valence-corrected chi connectivity index (χ4v) is 3.02. The van der Waals surface area contributed by atoms with Gasteiger partial charge in [-0.1, -0.05) is 11.6 Å². The van der Waals surface area contributed by atoms with E-state index in [4.69, 9.17) is 11.6 Å². The van der Waals surface area contributed by atoms with E-state index < -0.39 is 0 Å². The summed E-state index contributed by atoms with van der Waals surface area (Å²) in [5.74, 6) is -0.332. The van der Waals surface area contributed by atoms with Crippen molar-refractivity contribution in [2.45, 2.75) is 32.7 Å². The number of halogens is 1. The second-order valence-electron chi connectivity index (χ2n) is 7.38. The second-order valence-corrected chi connectivity index (χ2v) is 7.82. The minimum atomic E-state index is -0.253. The molecule has 7 heteroatoms. The fraction of sp³-hybridized carbons (Fsp3) is 0.556. The molecular weight excluding hydrogens is 342 g/mol. The number of phenols is 1. The highest BCUT2D eigenvalue weighted by molar-refractivity contribution is 6.30. The van der Waals surface area contributed by atoms with Gasteiger partial charge in [-0.25, -0.2) is 0 Å². The first-order chi connectivity index (χ1) is 11.7. The molecule has 1 fully saturated rings. The number of carbonyl (C=O) groups is 2. The van der Waals surface area contributed by atoms with E-state index >= 15 is 0 Å². The third-order valence-electron chi connectivity index (χ3n) is 3.95. The molecule has 1 aromatic carbocycles. The van der Waals surface area contributed by atoms with Crippen LogP contribution in [0.5, 0.6) is 5.75 Å². The highest BCUT2D eigenvalue weighted by atomic mass is 35.5. The Labute approximate surface area is 153 Å². The zero-order valence-electron chi connectivity index (χ0n) is 15.0. The number of rotatable bonds is 3. The molecule has 1 saturated heterocycles. The summed E-state index contributed by atoms with van der Waals surface area (Å²) in [5.41, 5.74) is 0.000147. The number of phenolic OH excluding ortho intramolecular Hbond substituents is 1. The molecule has 0 atom stereocenters. The predicted molar refractivity (Wildman–Crippen MR) is 98.0 cm³/mol. The van der Waals surface area contributed by atoms with E-state index in [0.717, 1.165) is 13.0 Å². The number of benzene rings is 1. The molecule has 0 spiro atoms. The topological polar surface area (TPSA) is 72.9 Å². The maximum absolute atomic E-state index is 12.6. The number of hydrogen-bond acceptors (Lipinski definition) is 4. The van der Waals surface area contributed by atoms with Gasteiger partial charge in [-0.2, -0.15) is 0 Å². The summed E-state index contributed by atoms with van der Waals surface area (Å²) in [7, 11) is 0. The van der Waals surface area contributed by atoms with Crippen LogP contribution < -0.4 is 5.32 Å². The molecule has 2 N–H and O–H groups in total. The number of nitrogens with zero attached hydrogens (tertiary/aromatic N) is 2. The number of aromatic hydroxyl groups is 1. The fourth-order valence-electron chi connectivity index (χ4n) is 2.85. The molecule has 25 heavy (non-hydrogen) atoms. The molecule has 0 aromatic heterocycles. The van der Waals surface area contributed by atoms with Gasteiger partial charge in [-0.15, -0.1) is 0 Å². The van der Waals surface area contributed by atoms with Crippen molar-refractivity contribution in [3.05, 3.63) is 28.8 Å². The van der Waals surface area contributed by atoms with Gasteiger partial charge in [0.1, 0.15) is 5.75 Å². The van der Waals surface area contributed by atoms with Crippen molar-refractivity contribution in [3.63, 3.8) is 0 Å². The van der Waals surface area contributed by atoms with E-state index in [0.29, 0.717) is 31.2 Å². The first kappa shape index (κ1) is 19.5. The maximum atomic E-state index is 12.6. The monoisotopic (exact) mass is 367 g/mol. The molecular formula is C18H26ClN3O3. The molecule has 2 rings (SSSR count). The molecule has 0 bridgehead atoms. The molecule has 0 aliphatic carbocycles. The zero-order chi connectivity index (χ0) is 18.6. The van der Waals surface area contributed by atoms with Gasteiger partial charge in [0.15, 0.2) is 0 Å². The molecule has 1 aromatic rings. The molecule has 1 aliphatic rings. The minimum absolute atomic E-state index is 0.0115. The van der Waals surface area contributed by atoms with Crippen molar-refractivity contribution in [1.82, 2.24) is 15.1 Å². The summed E-state index contributed by atoms with van der Waals surface area (Å²) in [6.45, 7) is 8.67. The highest BCUT2D eigenvalue weighted by Crippen LogP contribution is 2.23. The Hall–Kier alpha value is -1.79. The summed E-state index contributed by atoms with van der Waals surface area (Å²) in [4.78, 5) is 28.5. The molecule has 0 radical (unpaired) electrons. The molecule has 1 heterocycles. The van der Waals surface area contributed by atoms with Gasteiger partial charge in [0.05, 0.1) is 12.1 Å². The number of amides is 2. The summed E-state index contributed by atoms with van der Waals surface area (Å²) >= 11 is 5.82. The van der Waals surface area contributed by atoms with Crippen molar-refractivity contribution in [3.8, 4) is 5.75 Å². The molecule has 0 unspecified atom stereocenters. The van der Waals surface area contributed by atoms with Crippen LogP contribution in [0.1, 0.15) is 37.6 Å². The van der Waals surface area contributed by atoms with Gasteiger partial charge in [-0.3, -0.25) is 14.5 Å². The van der Waals surface area contributed by atoms with E-state index in [9.17, 15) is 14.7 Å². The lowest BCUT2D eigenvalue weighted by molar-refractivity contribution is -0.123. The second kappa shape index (κ2) is 8.06. The quantitative estimate of drug-likeness (QED) is 0.858. The standard InChI is InChI=1S/C18H26ClN3O3/c1-18(2,3)20-16(24)12-21-7-4-8-22(10-9-21)17(25)14-6-5-13(19)11-15(14)23/h5-6,11,23H,4,7-10,12H2,1-3H3,(H,20,24). The van der Waals surface area contributed by atoms with E-state index in [1.807, 2.05) is 20.8 Å². The van der Waals surface area contributed by atoms with E-state index in [1.54, 1.807) is 17.0 Å². The number of hydrogen-bond donors (Lipinski definition) is 2. The Morgan fingerprint density at radius 2 is 1.92 bits per heavy atom. The molecule has 2 amide bonds. The van der Waals surface area contributed by atoms with Crippen molar-refractivity contribution in [2.24, 2.45) is 0 Å². The normalized spacial score (nSPS) is 16.4. The van der Waals surface area contributed by atoms with Gasteiger partial charge in [0.25, 0.3) is 5.91 Å². The Morgan fingerprint density at radius 1 is 1.20 bits per heavy atom. The van der Waals surface area contributed by atoms with Gasteiger partial charge in [0, 0.05) is 36.7 Å². The van der Waals surface area contributed by atoms with Crippen LogP contribution >= 0.6 is 11.6 Å². The Kier molecular flexibility index (Phi) is 6.30. The third kappa shape index (κ3) is 5.90. The Bertz CT molecular complexity index is 643. The summed E-state index contributed by atoms with van der Waals surface area (Å²) in [5, 5.41) is 13.3. The van der Waals surface area contributed by atoms with Crippen LogP contribution in [0.2, 0.25) is 5.02 Å². The van der Waals surface area contributed by atoms with Crippen molar-refractivity contribution >= 4 is 23.4 Å². The molecule has 138 valence electrons. The Balaban J connectivity index is 1.94. The Morgan fingerprint density at radius 3 is 2.56 bits per heavy atom. The van der Waals surface area contributed by atoms with Gasteiger partial charge < -0.3 is 15.3 Å². The zero-order valence-corrected chi connectivity index (χ0v) is 15.8. The number of nitrogens with one attached hydrogen (secondary N) is 1. The summed E-state index contributed by atoms with van der Waals surface area (Å²) in [6, 6.07) is 4.50. The van der Waals surface area contributed by atoms with Crippen LogP contribution in [-0.2, 0) is 4.79 Å². The van der Waals surface area contributed by atoms with Gasteiger partial charge in [0.2, 0.25) is 5.91 Å². The van der Waals surface area contributed by atoms with Crippen LogP contribution in [0.15, 0.2) is 18.2 Å². The largest absolute Gasteiger partial charge is 0.507 e. The van der Waals surface area contributed by atoms with E-state index in [-0.39, 0.29) is 28.7 Å². The molecule has 1 aliphatic heterocycles. The van der Waals surface area contributed by atoms with Crippen molar-refractivity contribution in [2.75, 3.05) is 32.7 Å². The van der Waals surface area contributed by atoms with Crippen molar-refractivity contribution < 1.29 is 14.7 Å². The van der Waals surface area contributed by atoms with E-state index in [2.05, 4.69) is 10.2 Å². The van der Waals surface area contributed by atoms with Crippen molar-refractivity contribution in [1.29, 1.82) is 0 Å². The minimum Gasteiger partial charge on any atom is -0.507 e. The van der Waals surface area contributed by atoms with Crippen LogP contribution in [0.3, 0.4) is 0 Å². The summed E-state index contributed by atoms with van der Waals surface area (Å²) in [6.07, 6.45) is 0.781. The predicted octanol–water partition coefficient (Wildman–Crippen LogP) is 2.11. The van der Waals surface area contributed by atoms with E-state index in [1.165, 1.54) is 6.07 Å². The van der Waals surface area contributed by atoms with Gasteiger partial charge >= 0.3 is 0 Å². The van der Waals surface area contributed by atoms with Crippen LogP contribution in [0.4, 0.5) is 0 Å². The maximum Gasteiger partial charge on any atom is 0.257 e. The lowest BCUT2D eigenvalue weighted by Crippen LogP contribution is -2.46. The van der Waals surface area contributed by atoms with Crippen LogP contribution in [0, 0.1) is 0 Å². The summed E-state index contributed by atoms with van der Waals surface area (Å²) < 4.78 is 0. The highest BCUT2D eigenvalue weighted by Gasteiger charge is 2.24. The van der Waals surface area contributed by atoms with Gasteiger partial charge in [-0.05, 0) is 45.4 Å². The molecule has 0 saturated carbocycles.